The van der Waals surface area contributed by atoms with Crippen LogP contribution in [0.2, 0.25) is 0 Å². The Kier molecular flexibility index (Phi) is 1.43. The van der Waals surface area contributed by atoms with Gasteiger partial charge in [-0.25, -0.2) is 0 Å². The number of thiazole rings is 1. The highest BCUT2D eigenvalue weighted by molar-refractivity contribution is 7.16. The molecule has 2 rings (SSSR count). The van der Waals surface area contributed by atoms with Gasteiger partial charge in [-0.1, -0.05) is 17.4 Å². The van der Waals surface area contributed by atoms with Crippen LogP contribution in [0.25, 0.3) is 10.2 Å². The van der Waals surface area contributed by atoms with Gasteiger partial charge in [-0.3, -0.25) is 0 Å². The summed E-state index contributed by atoms with van der Waals surface area (Å²) >= 11 is 1.79. The van der Waals surface area contributed by atoms with E-state index in [4.69, 9.17) is 0 Å². The summed E-state index contributed by atoms with van der Waals surface area (Å²) in [5, 5.41) is 0. The minimum atomic E-state index is 1.32. The van der Waals surface area contributed by atoms with E-state index in [1.54, 1.807) is 11.3 Å². The normalized spacial score (nSPS) is 10.7. The molecule has 2 aromatic rings. The first-order valence-corrected chi connectivity index (χ1v) is 4.49. The zero-order valence-electron chi connectivity index (χ0n) is 6.66. The van der Waals surface area contributed by atoms with E-state index >= 15 is 0 Å². The second-order valence-electron chi connectivity index (χ2n) is 2.81. The summed E-state index contributed by atoms with van der Waals surface area (Å²) in [6.07, 6.45) is 0. The maximum atomic E-state index is 2.22. The van der Waals surface area contributed by atoms with E-state index < -0.39 is 0 Å². The Bertz CT molecular complexity index is 389. The van der Waals surface area contributed by atoms with E-state index in [9.17, 15) is 0 Å². The van der Waals surface area contributed by atoms with Crippen molar-refractivity contribution in [2.24, 2.45) is 7.05 Å². The number of rotatable bonds is 0. The SMILES string of the molecule is Cc1ccc2c(c1)sc[n+]2C. The lowest BCUT2D eigenvalue weighted by Crippen LogP contribution is -2.24. The van der Waals surface area contributed by atoms with E-state index in [0.717, 1.165) is 0 Å². The van der Waals surface area contributed by atoms with Crippen molar-refractivity contribution in [3.63, 3.8) is 0 Å². The smallest absolute Gasteiger partial charge is 0.191 e. The molecule has 0 atom stereocenters. The van der Waals surface area contributed by atoms with Gasteiger partial charge in [0.05, 0.1) is 0 Å². The second-order valence-corrected chi connectivity index (χ2v) is 3.69. The van der Waals surface area contributed by atoms with Gasteiger partial charge >= 0.3 is 0 Å². The van der Waals surface area contributed by atoms with Crippen molar-refractivity contribution in [3.05, 3.63) is 29.3 Å². The number of hydrogen-bond acceptors (Lipinski definition) is 1. The van der Waals surface area contributed by atoms with Crippen molar-refractivity contribution in [3.8, 4) is 0 Å². The Morgan fingerprint density at radius 3 is 3.00 bits per heavy atom. The number of hydrogen-bond donors (Lipinski definition) is 0. The lowest BCUT2D eigenvalue weighted by atomic mass is 10.2. The van der Waals surface area contributed by atoms with Crippen LogP contribution in [0.15, 0.2) is 23.7 Å². The van der Waals surface area contributed by atoms with Crippen molar-refractivity contribution in [1.29, 1.82) is 0 Å². The van der Waals surface area contributed by atoms with Gasteiger partial charge < -0.3 is 0 Å². The van der Waals surface area contributed by atoms with E-state index in [1.807, 2.05) is 0 Å². The van der Waals surface area contributed by atoms with Crippen LogP contribution in [0.1, 0.15) is 5.56 Å². The molecule has 0 fully saturated rings. The molecule has 1 aromatic heterocycles. The minimum Gasteiger partial charge on any atom is -0.191 e. The first kappa shape index (κ1) is 6.80. The molecule has 0 aliphatic carbocycles. The van der Waals surface area contributed by atoms with Gasteiger partial charge in [0.15, 0.2) is 0 Å². The summed E-state index contributed by atoms with van der Waals surface area (Å²) in [5.74, 6) is 0. The Balaban J connectivity index is 2.86. The maximum Gasteiger partial charge on any atom is 0.225 e. The average Bonchev–Trinajstić information content (AvgIpc) is 2.32. The molecular weight excluding hydrogens is 154 g/mol. The standard InChI is InChI=1S/C9H10NS/c1-7-3-4-8-9(5-7)11-6-10(8)2/h3-6H,1-2H3/q+1. The molecule has 11 heavy (non-hydrogen) atoms. The molecule has 0 bridgehead atoms. The third-order valence-corrected chi connectivity index (χ3v) is 2.84. The zero-order valence-corrected chi connectivity index (χ0v) is 7.48. The number of nitrogens with zero attached hydrogens (tertiary/aromatic N) is 1. The summed E-state index contributed by atoms with van der Waals surface area (Å²) in [6, 6.07) is 6.54. The fraction of sp³-hybridized carbons (Fsp3) is 0.222. The Hall–Kier alpha value is -0.890. The lowest BCUT2D eigenvalue weighted by molar-refractivity contribution is -0.640. The zero-order chi connectivity index (χ0) is 7.84. The molecule has 0 unspecified atom stereocenters. The molecular formula is C9H10NS+. The molecule has 0 saturated heterocycles. The van der Waals surface area contributed by atoms with Gasteiger partial charge in [0.1, 0.15) is 11.7 Å². The van der Waals surface area contributed by atoms with Gasteiger partial charge in [-0.2, -0.15) is 4.57 Å². The summed E-state index contributed by atoms with van der Waals surface area (Å²) < 4.78 is 3.52. The fourth-order valence-electron chi connectivity index (χ4n) is 1.20. The topological polar surface area (TPSA) is 3.88 Å². The Labute approximate surface area is 69.9 Å². The molecule has 2 heteroatoms. The summed E-state index contributed by atoms with van der Waals surface area (Å²) in [5.41, 5.74) is 4.78. The quantitative estimate of drug-likeness (QED) is 0.525. The van der Waals surface area contributed by atoms with Crippen LogP contribution >= 0.6 is 11.3 Å². The van der Waals surface area contributed by atoms with E-state index in [-0.39, 0.29) is 0 Å². The molecule has 0 saturated carbocycles. The van der Waals surface area contributed by atoms with Crippen LogP contribution in [0.5, 0.6) is 0 Å². The highest BCUT2D eigenvalue weighted by atomic mass is 32.1. The van der Waals surface area contributed by atoms with Crippen LogP contribution in [-0.4, -0.2) is 0 Å². The molecule has 56 valence electrons. The van der Waals surface area contributed by atoms with Crippen LogP contribution in [0.3, 0.4) is 0 Å². The van der Waals surface area contributed by atoms with E-state index in [0.29, 0.717) is 0 Å². The molecule has 0 spiro atoms. The molecule has 1 heterocycles. The molecule has 0 aliphatic heterocycles. The Morgan fingerprint density at radius 1 is 1.36 bits per heavy atom. The summed E-state index contributed by atoms with van der Waals surface area (Å²) in [6.45, 7) is 2.12. The fourth-order valence-corrected chi connectivity index (χ4v) is 2.17. The van der Waals surface area contributed by atoms with Gasteiger partial charge in [-0.05, 0) is 18.6 Å². The van der Waals surface area contributed by atoms with Crippen molar-refractivity contribution in [1.82, 2.24) is 0 Å². The van der Waals surface area contributed by atoms with Gasteiger partial charge in [0, 0.05) is 6.07 Å². The van der Waals surface area contributed by atoms with Crippen molar-refractivity contribution in [2.45, 2.75) is 6.92 Å². The minimum absolute atomic E-state index is 1.32. The van der Waals surface area contributed by atoms with Crippen molar-refractivity contribution >= 4 is 21.6 Å². The van der Waals surface area contributed by atoms with Crippen LogP contribution in [-0.2, 0) is 7.05 Å². The average molecular weight is 164 g/mol. The molecule has 1 nitrogen and oxygen atoms in total. The van der Waals surface area contributed by atoms with Crippen LogP contribution in [0, 0.1) is 6.92 Å². The highest BCUT2D eigenvalue weighted by Crippen LogP contribution is 2.16. The van der Waals surface area contributed by atoms with Crippen LogP contribution < -0.4 is 4.57 Å². The summed E-state index contributed by atoms with van der Waals surface area (Å²) in [7, 11) is 2.08. The number of aromatic nitrogens is 1. The monoisotopic (exact) mass is 164 g/mol. The van der Waals surface area contributed by atoms with Gasteiger partial charge in [0.25, 0.3) is 0 Å². The van der Waals surface area contributed by atoms with Gasteiger partial charge in [-0.15, -0.1) is 0 Å². The molecule has 1 aromatic carbocycles. The second kappa shape index (κ2) is 2.31. The number of benzene rings is 1. The maximum absolute atomic E-state index is 2.22. The summed E-state index contributed by atoms with van der Waals surface area (Å²) in [4.78, 5) is 0. The number of aryl methyl sites for hydroxylation is 2. The first-order valence-electron chi connectivity index (χ1n) is 3.61. The number of fused-ring (bicyclic) bond motifs is 1. The molecule has 0 amide bonds. The predicted octanol–water partition coefficient (Wildman–Crippen LogP) is 2.03. The molecule has 0 radical (unpaired) electrons. The van der Waals surface area contributed by atoms with Crippen molar-refractivity contribution in [2.75, 3.05) is 0 Å². The molecule has 0 aliphatic rings. The predicted molar refractivity (Wildman–Crippen MR) is 47.7 cm³/mol. The largest absolute Gasteiger partial charge is 0.225 e. The van der Waals surface area contributed by atoms with Crippen molar-refractivity contribution < 1.29 is 4.57 Å². The Morgan fingerprint density at radius 2 is 2.18 bits per heavy atom. The van der Waals surface area contributed by atoms with E-state index in [1.165, 1.54) is 15.8 Å². The van der Waals surface area contributed by atoms with Gasteiger partial charge in [0.2, 0.25) is 11.0 Å². The third kappa shape index (κ3) is 1.03. The lowest BCUT2D eigenvalue weighted by Gasteiger charge is -1.87. The molecule has 0 N–H and O–H groups in total. The highest BCUT2D eigenvalue weighted by Gasteiger charge is 2.05. The first-order chi connectivity index (χ1) is 5.27. The third-order valence-electron chi connectivity index (χ3n) is 1.83. The van der Waals surface area contributed by atoms with Crippen LogP contribution in [0.4, 0.5) is 0 Å². The van der Waals surface area contributed by atoms with E-state index in [2.05, 4.69) is 42.2 Å².